The highest BCUT2D eigenvalue weighted by Gasteiger charge is 2.23. The fourth-order valence-corrected chi connectivity index (χ4v) is 3.92. The van der Waals surface area contributed by atoms with Crippen molar-refractivity contribution in [3.05, 3.63) is 60.2 Å². The summed E-state index contributed by atoms with van der Waals surface area (Å²) in [5, 5.41) is 7.29. The smallest absolute Gasteiger partial charge is 0.321 e. The van der Waals surface area contributed by atoms with Crippen molar-refractivity contribution in [1.29, 1.82) is 0 Å². The summed E-state index contributed by atoms with van der Waals surface area (Å²) in [4.78, 5) is 9.48. The molecule has 1 aromatic heterocycles. The fourth-order valence-electron chi connectivity index (χ4n) is 3.92. The molecule has 6 heteroatoms. The number of anilines is 2. The zero-order valence-electron chi connectivity index (χ0n) is 17.2. The number of hydrogen-bond donors (Lipinski definition) is 1. The van der Waals surface area contributed by atoms with Crippen LogP contribution in [0.1, 0.15) is 18.9 Å². The highest BCUT2D eigenvalue weighted by atomic mass is 16.5. The van der Waals surface area contributed by atoms with Crippen molar-refractivity contribution in [1.82, 2.24) is 15.0 Å². The summed E-state index contributed by atoms with van der Waals surface area (Å²) in [6.07, 6.45) is 1.04. The molecule has 152 valence electrons. The molecule has 6 nitrogen and oxygen atoms in total. The van der Waals surface area contributed by atoms with Crippen molar-refractivity contribution < 1.29 is 4.52 Å². The van der Waals surface area contributed by atoms with Gasteiger partial charge < -0.3 is 14.7 Å². The lowest BCUT2D eigenvalue weighted by molar-refractivity contribution is 0.228. The van der Waals surface area contributed by atoms with Crippen LogP contribution in [-0.2, 0) is 0 Å². The first-order valence-corrected chi connectivity index (χ1v) is 10.4. The largest absolute Gasteiger partial charge is 0.366 e. The normalized spacial score (nSPS) is 17.4. The molecular formula is C23H29N5O. The van der Waals surface area contributed by atoms with E-state index in [1.54, 1.807) is 0 Å². The quantitative estimate of drug-likeness (QED) is 0.613. The van der Waals surface area contributed by atoms with Gasteiger partial charge in [-0.15, -0.1) is 0 Å². The fraction of sp³-hybridized carbons (Fsp3) is 0.391. The molecule has 0 amide bonds. The van der Waals surface area contributed by atoms with Gasteiger partial charge in [-0.25, -0.2) is 0 Å². The lowest BCUT2D eigenvalue weighted by Gasteiger charge is -2.41. The first-order chi connectivity index (χ1) is 14.2. The van der Waals surface area contributed by atoms with Crippen molar-refractivity contribution in [3.63, 3.8) is 0 Å². The van der Waals surface area contributed by atoms with E-state index in [0.717, 1.165) is 44.7 Å². The van der Waals surface area contributed by atoms with Crippen molar-refractivity contribution >= 4 is 11.7 Å². The number of aromatic nitrogens is 2. The van der Waals surface area contributed by atoms with Gasteiger partial charge in [-0.3, -0.25) is 4.90 Å². The van der Waals surface area contributed by atoms with Gasteiger partial charge in [-0.05, 0) is 44.5 Å². The number of rotatable bonds is 7. The molecule has 0 saturated carbocycles. The van der Waals surface area contributed by atoms with E-state index in [2.05, 4.69) is 63.4 Å². The maximum absolute atomic E-state index is 5.31. The molecule has 0 aliphatic carbocycles. The van der Waals surface area contributed by atoms with Crippen LogP contribution in [-0.4, -0.2) is 53.8 Å². The predicted octanol–water partition coefficient (Wildman–Crippen LogP) is 4.06. The Morgan fingerprint density at radius 3 is 2.76 bits per heavy atom. The molecule has 0 unspecified atom stereocenters. The van der Waals surface area contributed by atoms with Gasteiger partial charge in [0.15, 0.2) is 0 Å². The number of nitrogens with one attached hydrogen (secondary N) is 1. The van der Waals surface area contributed by atoms with E-state index < -0.39 is 0 Å². The molecule has 1 atom stereocenters. The predicted molar refractivity (Wildman–Crippen MR) is 117 cm³/mol. The molecule has 1 aliphatic heterocycles. The van der Waals surface area contributed by atoms with E-state index in [4.69, 9.17) is 4.52 Å². The van der Waals surface area contributed by atoms with Gasteiger partial charge in [-0.1, -0.05) is 47.6 Å². The molecule has 1 aliphatic rings. The standard InChI is InChI=1S/C23H29N5O/c1-18-8-6-11-21(16-18)28-15-14-27(17-19(28)2)13-7-12-24-23-25-22(26-29-23)20-9-4-3-5-10-20/h3-6,8-11,16,19H,7,12-15,17H2,1-2H3,(H,24,25,26)/t19-/m1/s1. The summed E-state index contributed by atoms with van der Waals surface area (Å²) >= 11 is 0. The molecule has 0 radical (unpaired) electrons. The SMILES string of the molecule is Cc1cccc(N2CCN(CCCNc3nc(-c4ccccc4)no3)C[C@H]2C)c1. The van der Waals surface area contributed by atoms with Gasteiger partial charge in [0.1, 0.15) is 0 Å². The first-order valence-electron chi connectivity index (χ1n) is 10.4. The molecule has 1 fully saturated rings. The average molecular weight is 392 g/mol. The van der Waals surface area contributed by atoms with E-state index in [1.165, 1.54) is 11.3 Å². The Kier molecular flexibility index (Phi) is 6.10. The monoisotopic (exact) mass is 391 g/mol. The number of aryl methyl sites for hydroxylation is 1. The van der Waals surface area contributed by atoms with Gasteiger partial charge in [0.05, 0.1) is 0 Å². The molecule has 1 saturated heterocycles. The third kappa shape index (κ3) is 4.95. The Morgan fingerprint density at radius 1 is 1.10 bits per heavy atom. The molecule has 2 aromatic carbocycles. The van der Waals surface area contributed by atoms with E-state index in [-0.39, 0.29) is 0 Å². The van der Waals surface area contributed by atoms with Gasteiger partial charge in [-0.2, -0.15) is 4.98 Å². The second kappa shape index (κ2) is 9.09. The molecule has 4 rings (SSSR count). The number of nitrogens with zero attached hydrogens (tertiary/aromatic N) is 4. The van der Waals surface area contributed by atoms with Crippen LogP contribution >= 0.6 is 0 Å². The van der Waals surface area contributed by atoms with Crippen LogP contribution < -0.4 is 10.2 Å². The zero-order valence-corrected chi connectivity index (χ0v) is 17.2. The minimum atomic E-state index is 0.487. The lowest BCUT2D eigenvalue weighted by Crippen LogP contribution is -2.52. The topological polar surface area (TPSA) is 57.4 Å². The number of hydrogen-bond acceptors (Lipinski definition) is 6. The number of piperazine rings is 1. The lowest BCUT2D eigenvalue weighted by atomic mass is 10.1. The summed E-state index contributed by atoms with van der Waals surface area (Å²) < 4.78 is 5.31. The molecule has 3 aromatic rings. The first kappa shape index (κ1) is 19.5. The van der Waals surface area contributed by atoms with Crippen LogP contribution in [0.5, 0.6) is 0 Å². The summed E-state index contributed by atoms with van der Waals surface area (Å²) in [5.41, 5.74) is 3.62. The van der Waals surface area contributed by atoms with Gasteiger partial charge in [0.25, 0.3) is 0 Å². The molecule has 1 N–H and O–H groups in total. The summed E-state index contributed by atoms with van der Waals surface area (Å²) in [5.74, 6) is 0.620. The van der Waals surface area contributed by atoms with E-state index in [0.29, 0.717) is 17.9 Å². The maximum atomic E-state index is 5.31. The summed E-state index contributed by atoms with van der Waals surface area (Å²) in [6.45, 7) is 9.62. The Morgan fingerprint density at radius 2 is 1.97 bits per heavy atom. The van der Waals surface area contributed by atoms with Gasteiger partial charge in [0.2, 0.25) is 5.82 Å². The molecule has 0 bridgehead atoms. The van der Waals surface area contributed by atoms with E-state index >= 15 is 0 Å². The highest BCUT2D eigenvalue weighted by Crippen LogP contribution is 2.22. The van der Waals surface area contributed by atoms with Crippen molar-refractivity contribution in [2.75, 3.05) is 42.9 Å². The molecule has 0 spiro atoms. The zero-order chi connectivity index (χ0) is 20.1. The minimum absolute atomic E-state index is 0.487. The second-order valence-corrected chi connectivity index (χ2v) is 7.75. The average Bonchev–Trinajstić information content (AvgIpc) is 3.21. The van der Waals surface area contributed by atoms with Crippen LogP contribution in [0.3, 0.4) is 0 Å². The third-order valence-electron chi connectivity index (χ3n) is 5.43. The van der Waals surface area contributed by atoms with Gasteiger partial charge >= 0.3 is 6.01 Å². The van der Waals surface area contributed by atoms with Crippen LogP contribution in [0.25, 0.3) is 11.4 Å². The van der Waals surface area contributed by atoms with Crippen molar-refractivity contribution in [2.45, 2.75) is 26.3 Å². The van der Waals surface area contributed by atoms with Crippen molar-refractivity contribution in [3.8, 4) is 11.4 Å². The van der Waals surface area contributed by atoms with Crippen LogP contribution in [0.15, 0.2) is 59.1 Å². The Balaban J connectivity index is 1.21. The van der Waals surface area contributed by atoms with Crippen LogP contribution in [0.2, 0.25) is 0 Å². The third-order valence-corrected chi connectivity index (χ3v) is 5.43. The number of benzene rings is 2. The molecule has 29 heavy (non-hydrogen) atoms. The van der Waals surface area contributed by atoms with Crippen LogP contribution in [0.4, 0.5) is 11.7 Å². The highest BCUT2D eigenvalue weighted by molar-refractivity contribution is 5.55. The molecular weight excluding hydrogens is 362 g/mol. The Hall–Kier alpha value is -2.86. The Labute approximate surface area is 172 Å². The maximum Gasteiger partial charge on any atom is 0.321 e. The van der Waals surface area contributed by atoms with E-state index in [9.17, 15) is 0 Å². The van der Waals surface area contributed by atoms with Crippen molar-refractivity contribution in [2.24, 2.45) is 0 Å². The minimum Gasteiger partial charge on any atom is -0.366 e. The van der Waals surface area contributed by atoms with Crippen LogP contribution in [0, 0.1) is 6.92 Å². The van der Waals surface area contributed by atoms with Gasteiger partial charge in [0, 0.05) is 43.5 Å². The second-order valence-electron chi connectivity index (χ2n) is 7.75. The van der Waals surface area contributed by atoms with E-state index in [1.807, 2.05) is 30.3 Å². The Bertz CT molecular complexity index is 910. The molecule has 2 heterocycles. The summed E-state index contributed by atoms with van der Waals surface area (Å²) in [6, 6.07) is 19.7. The summed E-state index contributed by atoms with van der Waals surface area (Å²) in [7, 11) is 0.